The van der Waals surface area contributed by atoms with Crippen molar-refractivity contribution in [3.63, 3.8) is 0 Å². The van der Waals surface area contributed by atoms with Crippen LogP contribution >= 0.6 is 0 Å². The van der Waals surface area contributed by atoms with E-state index >= 15 is 0 Å². The zero-order valence-electron chi connectivity index (χ0n) is 13.4. The summed E-state index contributed by atoms with van der Waals surface area (Å²) < 4.78 is 10.7. The molecule has 0 spiro atoms. The first kappa shape index (κ1) is 15.6. The second-order valence-electron chi connectivity index (χ2n) is 8.00. The Kier molecular flexibility index (Phi) is 5.75. The van der Waals surface area contributed by atoms with E-state index in [0.29, 0.717) is 0 Å². The van der Waals surface area contributed by atoms with Crippen molar-refractivity contribution in [3.05, 3.63) is 0 Å². The number of hydrogen-bond donors (Lipinski definition) is 1. The molecule has 3 saturated carbocycles. The summed E-state index contributed by atoms with van der Waals surface area (Å²) in [5, 5.41) is 0. The summed E-state index contributed by atoms with van der Waals surface area (Å²) in [6, 6.07) is 0. The molecule has 3 fully saturated rings. The molecule has 0 amide bonds. The molecule has 0 aromatic carbocycles. The maximum atomic E-state index is 7.53. The molecule has 3 aliphatic carbocycles. The van der Waals surface area contributed by atoms with Crippen molar-refractivity contribution in [2.75, 3.05) is 0 Å². The summed E-state index contributed by atoms with van der Waals surface area (Å²) in [6.45, 7) is 0. The van der Waals surface area contributed by atoms with Gasteiger partial charge in [0.05, 0.1) is 0 Å². The van der Waals surface area contributed by atoms with Gasteiger partial charge in [-0.1, -0.05) is 0 Å². The van der Waals surface area contributed by atoms with E-state index in [1.807, 2.05) is 0 Å². The van der Waals surface area contributed by atoms with Crippen LogP contribution in [0.5, 0.6) is 0 Å². The predicted octanol–water partition coefficient (Wildman–Crippen LogP) is 5.89. The van der Waals surface area contributed by atoms with Crippen LogP contribution in [0, 0.1) is 0 Å². The molecule has 1 nitrogen and oxygen atoms in total. The molecule has 0 saturated heterocycles. The predicted molar refractivity (Wildman–Crippen MR) is 90.4 cm³/mol. The van der Waals surface area contributed by atoms with Crippen molar-refractivity contribution in [1.29, 1.82) is 0 Å². The van der Waals surface area contributed by atoms with Crippen LogP contribution < -0.4 is 3.96 Å². The van der Waals surface area contributed by atoms with E-state index in [1.165, 1.54) is 96.3 Å². The maximum absolute atomic E-state index is 7.53. The van der Waals surface area contributed by atoms with E-state index in [1.54, 1.807) is 0 Å². The zero-order chi connectivity index (χ0) is 13.8. The molecule has 0 atom stereocenters. The van der Waals surface area contributed by atoms with Gasteiger partial charge in [0.15, 0.2) is 0 Å². The molecule has 0 bridgehead atoms. The fraction of sp³-hybridized carbons (Fsp3) is 1.00. The van der Waals surface area contributed by atoms with E-state index in [9.17, 15) is 0 Å². The Bertz CT molecular complexity index is 240. The zero-order valence-corrected chi connectivity index (χ0v) is 16.3. The molecule has 2 heteroatoms. The third kappa shape index (κ3) is 3.24. The van der Waals surface area contributed by atoms with Gasteiger partial charge in [-0.05, 0) is 0 Å². The molecule has 3 rings (SSSR count). The summed E-state index contributed by atoms with van der Waals surface area (Å²) in [7, 11) is 0. The summed E-state index contributed by atoms with van der Waals surface area (Å²) in [6.07, 6.45) is 22.6. The first-order chi connectivity index (χ1) is 9.82. The Balaban J connectivity index is 1.79. The molecule has 0 radical (unpaired) electrons. The summed E-state index contributed by atoms with van der Waals surface area (Å²) in [4.78, 5) is 0. The van der Waals surface area contributed by atoms with Crippen LogP contribution in [0.1, 0.15) is 96.3 Å². The molecule has 20 heavy (non-hydrogen) atoms. The third-order valence-electron chi connectivity index (χ3n) is 6.94. The Morgan fingerprint density at radius 2 is 0.700 bits per heavy atom. The molecule has 0 aliphatic heterocycles. The Labute approximate surface area is 130 Å². The monoisotopic (exact) mass is 385 g/mol. The van der Waals surface area contributed by atoms with Gasteiger partial charge >= 0.3 is 131 Å². The minimum absolute atomic E-state index is 1.06. The number of nitrogens with two attached hydrogens (primary N) is 1. The molecular formula is C18H35NSn. The number of rotatable bonds is 3. The SMILES string of the molecule is [NH2][Sn]([CH]1CCCCC1)([CH]1CCCCC1)[CH]1CCCCC1. The fourth-order valence-electron chi connectivity index (χ4n) is 5.81. The third-order valence-corrected chi connectivity index (χ3v) is 24.0. The first-order valence-corrected chi connectivity index (χ1v) is 16.2. The van der Waals surface area contributed by atoms with Gasteiger partial charge in [0.2, 0.25) is 0 Å². The van der Waals surface area contributed by atoms with Crippen molar-refractivity contribution < 1.29 is 0 Å². The van der Waals surface area contributed by atoms with Crippen LogP contribution in [0.25, 0.3) is 0 Å². The van der Waals surface area contributed by atoms with Crippen molar-refractivity contribution in [2.45, 2.75) is 108 Å². The van der Waals surface area contributed by atoms with Crippen LogP contribution in [-0.4, -0.2) is 18.7 Å². The van der Waals surface area contributed by atoms with Gasteiger partial charge in [-0.15, -0.1) is 0 Å². The van der Waals surface area contributed by atoms with Gasteiger partial charge < -0.3 is 0 Å². The van der Waals surface area contributed by atoms with Gasteiger partial charge in [-0.2, -0.15) is 0 Å². The molecule has 2 N–H and O–H groups in total. The van der Waals surface area contributed by atoms with Gasteiger partial charge in [0, 0.05) is 0 Å². The van der Waals surface area contributed by atoms with Gasteiger partial charge in [0.25, 0.3) is 0 Å². The quantitative estimate of drug-likeness (QED) is 0.603. The standard InChI is InChI=1S/3C6H11.H2N.Sn/c3*1-2-4-6-5-3-1;;/h3*1H,2-6H2;1H2;/q;;;-1;+1. The van der Waals surface area contributed by atoms with Crippen LogP contribution in [0.4, 0.5) is 0 Å². The topological polar surface area (TPSA) is 26.0 Å². The molecule has 3 aliphatic rings. The van der Waals surface area contributed by atoms with Gasteiger partial charge in [-0.25, -0.2) is 0 Å². The Hall–Kier alpha value is 0.759. The molecule has 116 valence electrons. The van der Waals surface area contributed by atoms with E-state index < -0.39 is 18.7 Å². The molecule has 0 aromatic rings. The Morgan fingerprint density at radius 3 is 0.950 bits per heavy atom. The second-order valence-corrected chi connectivity index (χ2v) is 20.7. The van der Waals surface area contributed by atoms with Crippen molar-refractivity contribution >= 4 is 18.7 Å². The fourth-order valence-corrected chi connectivity index (χ4v) is 23.6. The van der Waals surface area contributed by atoms with E-state index in [-0.39, 0.29) is 0 Å². The van der Waals surface area contributed by atoms with Gasteiger partial charge in [0.1, 0.15) is 0 Å². The average molecular weight is 384 g/mol. The number of hydrogen-bond acceptors (Lipinski definition) is 1. The van der Waals surface area contributed by atoms with Crippen LogP contribution in [-0.2, 0) is 0 Å². The van der Waals surface area contributed by atoms with E-state index in [2.05, 4.69) is 0 Å². The first-order valence-electron chi connectivity index (χ1n) is 9.60. The van der Waals surface area contributed by atoms with E-state index in [4.69, 9.17) is 3.96 Å². The van der Waals surface area contributed by atoms with E-state index in [0.717, 1.165) is 11.8 Å². The molecule has 0 unspecified atom stereocenters. The van der Waals surface area contributed by atoms with Crippen LogP contribution in [0.3, 0.4) is 0 Å². The Morgan fingerprint density at radius 1 is 0.450 bits per heavy atom. The van der Waals surface area contributed by atoms with Crippen molar-refractivity contribution in [2.24, 2.45) is 3.96 Å². The van der Waals surface area contributed by atoms with Gasteiger partial charge in [-0.3, -0.25) is 0 Å². The molecule has 0 aromatic heterocycles. The minimum atomic E-state index is -2.45. The average Bonchev–Trinajstić information content (AvgIpc) is 2.56. The normalized spacial score (nSPS) is 28.6. The van der Waals surface area contributed by atoms with Crippen molar-refractivity contribution in [1.82, 2.24) is 0 Å². The van der Waals surface area contributed by atoms with Crippen LogP contribution in [0.2, 0.25) is 11.8 Å². The second kappa shape index (κ2) is 7.35. The van der Waals surface area contributed by atoms with Crippen molar-refractivity contribution in [3.8, 4) is 0 Å². The summed E-state index contributed by atoms with van der Waals surface area (Å²) in [5.74, 6) is 0. The molecular weight excluding hydrogens is 349 g/mol. The summed E-state index contributed by atoms with van der Waals surface area (Å²) >= 11 is -2.45. The summed E-state index contributed by atoms with van der Waals surface area (Å²) in [5.41, 5.74) is 0. The van der Waals surface area contributed by atoms with Crippen LogP contribution in [0.15, 0.2) is 0 Å². The molecule has 0 heterocycles.